The van der Waals surface area contributed by atoms with Crippen molar-refractivity contribution in [2.75, 3.05) is 6.54 Å². The SMILES string of the molecule is NCC(C(=O)O)n1cc(Cl)c(=O)[nH]c1=O. The van der Waals surface area contributed by atoms with E-state index < -0.39 is 23.3 Å². The zero-order valence-corrected chi connectivity index (χ0v) is 8.19. The molecule has 0 aliphatic rings. The minimum Gasteiger partial charge on any atom is -0.480 e. The molecule has 0 aliphatic carbocycles. The maximum absolute atomic E-state index is 11.2. The maximum atomic E-state index is 11.2. The average molecular weight is 234 g/mol. The zero-order valence-electron chi connectivity index (χ0n) is 7.44. The van der Waals surface area contributed by atoms with Gasteiger partial charge >= 0.3 is 11.7 Å². The summed E-state index contributed by atoms with van der Waals surface area (Å²) in [6.07, 6.45) is 0.953. The van der Waals surface area contributed by atoms with Crippen LogP contribution in [0.4, 0.5) is 0 Å². The Kier molecular flexibility index (Phi) is 3.28. The molecule has 8 heteroatoms. The van der Waals surface area contributed by atoms with Gasteiger partial charge in [0.1, 0.15) is 11.1 Å². The van der Waals surface area contributed by atoms with E-state index in [0.717, 1.165) is 10.8 Å². The van der Waals surface area contributed by atoms with Gasteiger partial charge in [0.15, 0.2) is 0 Å². The molecule has 1 aromatic rings. The molecule has 0 bridgehead atoms. The average Bonchev–Trinajstić information content (AvgIpc) is 2.14. The van der Waals surface area contributed by atoms with Crippen LogP contribution in [0.5, 0.6) is 0 Å². The number of H-pyrrole nitrogens is 1. The summed E-state index contributed by atoms with van der Waals surface area (Å²) in [6.45, 7) is -0.280. The predicted octanol–water partition coefficient (Wildman–Crippen LogP) is -1.23. The first kappa shape index (κ1) is 11.5. The highest BCUT2D eigenvalue weighted by atomic mass is 35.5. The molecular formula is C7H8ClN3O4. The Morgan fingerprint density at radius 2 is 2.27 bits per heavy atom. The van der Waals surface area contributed by atoms with Gasteiger partial charge in [-0.05, 0) is 0 Å². The predicted molar refractivity (Wildman–Crippen MR) is 52.1 cm³/mol. The van der Waals surface area contributed by atoms with E-state index in [0.29, 0.717) is 0 Å². The fourth-order valence-electron chi connectivity index (χ4n) is 1.03. The fraction of sp³-hybridized carbons (Fsp3) is 0.286. The van der Waals surface area contributed by atoms with Crippen molar-refractivity contribution in [2.45, 2.75) is 6.04 Å². The number of hydrogen-bond acceptors (Lipinski definition) is 4. The highest BCUT2D eigenvalue weighted by Crippen LogP contribution is 2.03. The van der Waals surface area contributed by atoms with Crippen molar-refractivity contribution in [3.05, 3.63) is 32.1 Å². The molecule has 0 radical (unpaired) electrons. The molecule has 0 saturated heterocycles. The number of aromatic nitrogens is 2. The molecule has 0 saturated carbocycles. The highest BCUT2D eigenvalue weighted by molar-refractivity contribution is 6.30. The number of carboxylic acid groups (broad SMARTS) is 1. The molecule has 0 spiro atoms. The third-order valence-corrected chi connectivity index (χ3v) is 2.04. The number of hydrogen-bond donors (Lipinski definition) is 3. The summed E-state index contributed by atoms with van der Waals surface area (Å²) < 4.78 is 0.770. The lowest BCUT2D eigenvalue weighted by molar-refractivity contribution is -0.140. The summed E-state index contributed by atoms with van der Waals surface area (Å²) in [4.78, 5) is 34.7. The van der Waals surface area contributed by atoms with Crippen molar-refractivity contribution in [2.24, 2.45) is 5.73 Å². The van der Waals surface area contributed by atoms with Gasteiger partial charge in [0.05, 0.1) is 0 Å². The number of nitrogens with two attached hydrogens (primary N) is 1. The van der Waals surface area contributed by atoms with Crippen LogP contribution in [0.1, 0.15) is 6.04 Å². The topological polar surface area (TPSA) is 118 Å². The van der Waals surface area contributed by atoms with E-state index in [1.807, 2.05) is 4.98 Å². The number of carbonyl (C=O) groups is 1. The largest absolute Gasteiger partial charge is 0.480 e. The first-order valence-corrected chi connectivity index (χ1v) is 4.29. The molecule has 1 rings (SSSR count). The molecule has 0 aromatic carbocycles. The van der Waals surface area contributed by atoms with Crippen LogP contribution in [-0.2, 0) is 4.79 Å². The Hall–Kier alpha value is -1.60. The lowest BCUT2D eigenvalue weighted by Gasteiger charge is -2.12. The van der Waals surface area contributed by atoms with Gasteiger partial charge in [0.2, 0.25) is 0 Å². The van der Waals surface area contributed by atoms with Gasteiger partial charge in [-0.15, -0.1) is 0 Å². The first-order chi connectivity index (χ1) is 6.97. The number of aliphatic carboxylic acids is 1. The van der Waals surface area contributed by atoms with Crippen LogP contribution in [0.2, 0.25) is 5.02 Å². The summed E-state index contributed by atoms with van der Waals surface area (Å²) in [5.74, 6) is -1.28. The Morgan fingerprint density at radius 3 is 2.73 bits per heavy atom. The maximum Gasteiger partial charge on any atom is 0.329 e. The molecule has 1 aromatic heterocycles. The molecule has 82 valence electrons. The van der Waals surface area contributed by atoms with Crippen LogP contribution >= 0.6 is 11.6 Å². The third kappa shape index (κ3) is 2.25. The number of halogens is 1. The van der Waals surface area contributed by atoms with Crippen molar-refractivity contribution < 1.29 is 9.90 Å². The molecule has 7 nitrogen and oxygen atoms in total. The Bertz CT molecular complexity index is 492. The number of carboxylic acids is 1. The second-order valence-corrected chi connectivity index (χ2v) is 3.14. The van der Waals surface area contributed by atoms with Gasteiger partial charge in [-0.3, -0.25) is 14.3 Å². The quantitative estimate of drug-likeness (QED) is 0.604. The smallest absolute Gasteiger partial charge is 0.329 e. The van der Waals surface area contributed by atoms with Crippen molar-refractivity contribution in [3.63, 3.8) is 0 Å². The monoisotopic (exact) mass is 233 g/mol. The third-order valence-electron chi connectivity index (χ3n) is 1.77. The molecule has 4 N–H and O–H groups in total. The first-order valence-electron chi connectivity index (χ1n) is 3.91. The summed E-state index contributed by atoms with van der Waals surface area (Å²) in [5.41, 5.74) is 3.56. The van der Waals surface area contributed by atoms with Gasteiger partial charge in [-0.25, -0.2) is 9.59 Å². The number of rotatable bonds is 3. The Morgan fingerprint density at radius 1 is 1.67 bits per heavy atom. The highest BCUT2D eigenvalue weighted by Gasteiger charge is 2.19. The molecule has 0 fully saturated rings. The molecule has 1 atom stereocenters. The van der Waals surface area contributed by atoms with Crippen LogP contribution in [0.25, 0.3) is 0 Å². The van der Waals surface area contributed by atoms with Crippen molar-refractivity contribution in [1.29, 1.82) is 0 Å². The normalized spacial score (nSPS) is 12.4. The second kappa shape index (κ2) is 4.28. The minimum atomic E-state index is -1.28. The Balaban J connectivity index is 3.37. The van der Waals surface area contributed by atoms with Gasteiger partial charge in [0, 0.05) is 12.7 Å². The van der Waals surface area contributed by atoms with E-state index in [2.05, 4.69) is 0 Å². The van der Waals surface area contributed by atoms with Crippen LogP contribution < -0.4 is 17.0 Å². The second-order valence-electron chi connectivity index (χ2n) is 2.73. The van der Waals surface area contributed by atoms with E-state index in [1.54, 1.807) is 0 Å². The molecular weight excluding hydrogens is 226 g/mol. The van der Waals surface area contributed by atoms with Gasteiger partial charge < -0.3 is 10.8 Å². The fourth-order valence-corrected chi connectivity index (χ4v) is 1.18. The number of nitrogens with one attached hydrogen (secondary N) is 1. The van der Waals surface area contributed by atoms with E-state index >= 15 is 0 Å². The van der Waals surface area contributed by atoms with Gasteiger partial charge in [-0.1, -0.05) is 11.6 Å². The summed E-state index contributed by atoms with van der Waals surface area (Å²) in [5, 5.41) is 8.47. The zero-order chi connectivity index (χ0) is 11.6. The van der Waals surface area contributed by atoms with E-state index in [4.69, 9.17) is 22.4 Å². The molecule has 1 unspecified atom stereocenters. The van der Waals surface area contributed by atoms with Gasteiger partial charge in [-0.2, -0.15) is 0 Å². The standard InChI is InChI=1S/C7H8ClN3O4/c8-3-2-11(4(1-9)6(13)14)7(15)10-5(3)12/h2,4H,1,9H2,(H,13,14)(H,10,12,15). The van der Waals surface area contributed by atoms with Crippen LogP contribution in [-0.4, -0.2) is 27.2 Å². The minimum absolute atomic E-state index is 0.269. The van der Waals surface area contributed by atoms with Crippen LogP contribution in [0, 0.1) is 0 Å². The number of aromatic amines is 1. The summed E-state index contributed by atoms with van der Waals surface area (Å²) >= 11 is 5.45. The molecule has 0 amide bonds. The summed E-state index contributed by atoms with van der Waals surface area (Å²) in [6, 6.07) is -1.24. The van der Waals surface area contributed by atoms with E-state index in [1.165, 1.54) is 0 Å². The van der Waals surface area contributed by atoms with Gasteiger partial charge in [0.25, 0.3) is 5.56 Å². The molecule has 15 heavy (non-hydrogen) atoms. The molecule has 0 aliphatic heterocycles. The van der Waals surface area contributed by atoms with Crippen molar-refractivity contribution in [3.8, 4) is 0 Å². The number of nitrogens with zero attached hydrogens (tertiary/aromatic N) is 1. The van der Waals surface area contributed by atoms with Crippen LogP contribution in [0.15, 0.2) is 15.8 Å². The van der Waals surface area contributed by atoms with Crippen molar-refractivity contribution in [1.82, 2.24) is 9.55 Å². The lowest BCUT2D eigenvalue weighted by atomic mass is 10.3. The van der Waals surface area contributed by atoms with E-state index in [-0.39, 0.29) is 11.6 Å². The molecule has 1 heterocycles. The van der Waals surface area contributed by atoms with E-state index in [9.17, 15) is 14.4 Å². The lowest BCUT2D eigenvalue weighted by Crippen LogP contribution is -2.38. The van der Waals surface area contributed by atoms with Crippen molar-refractivity contribution >= 4 is 17.6 Å². The Labute approximate surface area is 88.1 Å². The van der Waals surface area contributed by atoms with Crippen LogP contribution in [0.3, 0.4) is 0 Å². The summed E-state index contributed by atoms with van der Waals surface area (Å²) in [7, 11) is 0.